The van der Waals surface area contributed by atoms with Gasteiger partial charge >= 0.3 is 6.09 Å². The van der Waals surface area contributed by atoms with E-state index in [1.807, 2.05) is 0 Å². The van der Waals surface area contributed by atoms with Gasteiger partial charge in [0.05, 0.1) is 19.0 Å². The highest BCUT2D eigenvalue weighted by Crippen LogP contribution is 2.06. The molecule has 2 N–H and O–H groups in total. The lowest BCUT2D eigenvalue weighted by Gasteiger charge is -2.20. The Morgan fingerprint density at radius 3 is 2.60 bits per heavy atom. The van der Waals surface area contributed by atoms with E-state index in [4.69, 9.17) is 4.74 Å². The second-order valence-electron chi connectivity index (χ2n) is 4.80. The molecule has 1 rings (SSSR count). The number of ether oxygens (including phenoxy) is 1. The fourth-order valence-corrected chi connectivity index (χ4v) is 1.72. The number of anilines is 1. The lowest BCUT2D eigenvalue weighted by Crippen LogP contribution is -2.41. The predicted octanol–water partition coefficient (Wildman–Crippen LogP) is 2.19. The SMILES string of the molecule is CCOC(=O)N[C@@H](CNc1ncc(F)cn1)CC(C)C. The summed E-state index contributed by atoms with van der Waals surface area (Å²) in [5.41, 5.74) is 0. The third-order valence-corrected chi connectivity index (χ3v) is 2.48. The van der Waals surface area contributed by atoms with Gasteiger partial charge < -0.3 is 15.4 Å². The maximum absolute atomic E-state index is 12.7. The van der Waals surface area contributed by atoms with Crippen LogP contribution in [0.4, 0.5) is 15.1 Å². The van der Waals surface area contributed by atoms with Gasteiger partial charge in [0.15, 0.2) is 5.82 Å². The van der Waals surface area contributed by atoms with Gasteiger partial charge in [0.1, 0.15) is 0 Å². The number of aromatic nitrogens is 2. The monoisotopic (exact) mass is 284 g/mol. The Morgan fingerprint density at radius 1 is 1.40 bits per heavy atom. The van der Waals surface area contributed by atoms with Gasteiger partial charge in [-0.15, -0.1) is 0 Å². The van der Waals surface area contributed by atoms with Gasteiger partial charge in [-0.3, -0.25) is 0 Å². The molecular weight excluding hydrogens is 263 g/mol. The van der Waals surface area contributed by atoms with Crippen LogP contribution < -0.4 is 10.6 Å². The summed E-state index contributed by atoms with van der Waals surface area (Å²) in [6.07, 6.45) is 2.52. The Bertz CT molecular complexity index is 411. The lowest BCUT2D eigenvalue weighted by atomic mass is 10.0. The molecule has 0 bridgehead atoms. The first-order valence-electron chi connectivity index (χ1n) is 6.66. The summed E-state index contributed by atoms with van der Waals surface area (Å²) in [6, 6.07) is -0.109. The minimum absolute atomic E-state index is 0.109. The molecule has 1 aromatic rings. The van der Waals surface area contributed by atoms with Gasteiger partial charge in [-0.2, -0.15) is 0 Å². The highest BCUT2D eigenvalue weighted by atomic mass is 19.1. The van der Waals surface area contributed by atoms with Crippen LogP contribution in [0.5, 0.6) is 0 Å². The minimum Gasteiger partial charge on any atom is -0.450 e. The Kier molecular flexibility index (Phi) is 6.69. The number of hydrogen-bond acceptors (Lipinski definition) is 5. The first-order chi connectivity index (χ1) is 9.51. The Morgan fingerprint density at radius 2 is 2.05 bits per heavy atom. The third kappa shape index (κ3) is 6.31. The first-order valence-corrected chi connectivity index (χ1v) is 6.66. The molecule has 0 saturated carbocycles. The summed E-state index contributed by atoms with van der Waals surface area (Å²) in [5.74, 6) is 0.252. The summed E-state index contributed by atoms with van der Waals surface area (Å²) in [5, 5.41) is 5.74. The molecule has 1 amide bonds. The summed E-state index contributed by atoms with van der Waals surface area (Å²) in [6.45, 7) is 6.65. The van der Waals surface area contributed by atoms with Crippen molar-refractivity contribution < 1.29 is 13.9 Å². The van der Waals surface area contributed by atoms with Crippen molar-refractivity contribution in [3.05, 3.63) is 18.2 Å². The molecule has 1 atom stereocenters. The van der Waals surface area contributed by atoms with Gasteiger partial charge in [0.25, 0.3) is 0 Å². The van der Waals surface area contributed by atoms with Crippen molar-refractivity contribution in [2.75, 3.05) is 18.5 Å². The standard InChI is InChI=1S/C13H21FN4O2/c1-4-20-13(19)18-11(5-9(2)3)8-17-12-15-6-10(14)7-16-12/h6-7,9,11H,4-5,8H2,1-3H3,(H,18,19)(H,15,16,17)/t11-/m1/s1. The van der Waals surface area contributed by atoms with Crippen LogP contribution in [0, 0.1) is 11.7 Å². The highest BCUT2D eigenvalue weighted by molar-refractivity contribution is 5.67. The fraction of sp³-hybridized carbons (Fsp3) is 0.615. The maximum atomic E-state index is 12.7. The zero-order valence-corrected chi connectivity index (χ0v) is 12.0. The van der Waals surface area contributed by atoms with Crippen molar-refractivity contribution >= 4 is 12.0 Å². The zero-order chi connectivity index (χ0) is 15.0. The normalized spacial score (nSPS) is 12.1. The molecule has 7 heteroatoms. The third-order valence-electron chi connectivity index (χ3n) is 2.48. The van der Waals surface area contributed by atoms with Gasteiger partial charge in [-0.1, -0.05) is 13.8 Å². The zero-order valence-electron chi connectivity index (χ0n) is 12.0. The summed E-state index contributed by atoms with van der Waals surface area (Å²) >= 11 is 0. The van der Waals surface area contributed by atoms with E-state index in [1.165, 1.54) is 0 Å². The summed E-state index contributed by atoms with van der Waals surface area (Å²) in [7, 11) is 0. The highest BCUT2D eigenvalue weighted by Gasteiger charge is 2.15. The van der Waals surface area contributed by atoms with Crippen LogP contribution in [0.2, 0.25) is 0 Å². The molecule has 0 radical (unpaired) electrons. The number of halogens is 1. The largest absolute Gasteiger partial charge is 0.450 e. The Labute approximate surface area is 118 Å². The molecule has 0 aliphatic carbocycles. The van der Waals surface area contributed by atoms with Gasteiger partial charge in [0, 0.05) is 12.6 Å². The van der Waals surface area contributed by atoms with Crippen LogP contribution in [-0.2, 0) is 4.74 Å². The number of rotatable bonds is 7. The topological polar surface area (TPSA) is 76.1 Å². The van der Waals surface area contributed by atoms with E-state index < -0.39 is 11.9 Å². The second kappa shape index (κ2) is 8.29. The maximum Gasteiger partial charge on any atom is 0.407 e. The number of amides is 1. The predicted molar refractivity (Wildman–Crippen MR) is 73.9 cm³/mol. The molecule has 0 unspecified atom stereocenters. The molecule has 0 fully saturated rings. The van der Waals surface area contributed by atoms with Gasteiger partial charge in [0.2, 0.25) is 5.95 Å². The van der Waals surface area contributed by atoms with Crippen molar-refractivity contribution in [2.45, 2.75) is 33.2 Å². The number of alkyl carbamates (subject to hydrolysis) is 1. The first kappa shape index (κ1) is 16.1. The van der Waals surface area contributed by atoms with Crippen LogP contribution in [0.3, 0.4) is 0 Å². The van der Waals surface area contributed by atoms with E-state index in [0.29, 0.717) is 25.0 Å². The van der Waals surface area contributed by atoms with Crippen LogP contribution in [-0.4, -0.2) is 35.3 Å². The molecule has 0 aromatic carbocycles. The molecule has 0 aliphatic heterocycles. The van der Waals surface area contributed by atoms with Crippen molar-refractivity contribution in [1.82, 2.24) is 15.3 Å². The smallest absolute Gasteiger partial charge is 0.407 e. The minimum atomic E-state index is -0.487. The molecule has 20 heavy (non-hydrogen) atoms. The summed E-state index contributed by atoms with van der Waals surface area (Å²) < 4.78 is 17.6. The molecule has 0 aliphatic rings. The van der Waals surface area contributed by atoms with E-state index >= 15 is 0 Å². The average molecular weight is 284 g/mol. The molecule has 112 valence electrons. The van der Waals surface area contributed by atoms with Crippen molar-refractivity contribution in [3.8, 4) is 0 Å². The van der Waals surface area contributed by atoms with E-state index in [1.54, 1.807) is 6.92 Å². The van der Waals surface area contributed by atoms with Gasteiger partial charge in [-0.25, -0.2) is 19.2 Å². The summed E-state index contributed by atoms with van der Waals surface area (Å²) in [4.78, 5) is 19.1. The Hall–Kier alpha value is -1.92. The molecule has 1 heterocycles. The number of carbonyl (C=O) groups excluding carboxylic acids is 1. The average Bonchev–Trinajstić information content (AvgIpc) is 2.37. The molecule has 0 saturated heterocycles. The fourth-order valence-electron chi connectivity index (χ4n) is 1.72. The number of nitrogens with one attached hydrogen (secondary N) is 2. The van der Waals surface area contributed by atoms with Crippen molar-refractivity contribution in [2.24, 2.45) is 5.92 Å². The van der Waals surface area contributed by atoms with E-state index in [9.17, 15) is 9.18 Å². The molecule has 6 nitrogen and oxygen atoms in total. The van der Waals surface area contributed by atoms with E-state index in [2.05, 4.69) is 34.4 Å². The molecule has 0 spiro atoms. The molecular formula is C13H21FN4O2. The molecule has 1 aromatic heterocycles. The van der Waals surface area contributed by atoms with Gasteiger partial charge in [-0.05, 0) is 19.3 Å². The van der Waals surface area contributed by atoms with Crippen molar-refractivity contribution in [1.29, 1.82) is 0 Å². The number of nitrogens with zero attached hydrogens (tertiary/aromatic N) is 2. The van der Waals surface area contributed by atoms with E-state index in [-0.39, 0.29) is 6.04 Å². The van der Waals surface area contributed by atoms with Crippen LogP contribution in [0.1, 0.15) is 27.2 Å². The van der Waals surface area contributed by atoms with Crippen LogP contribution in [0.15, 0.2) is 12.4 Å². The number of carbonyl (C=O) groups is 1. The lowest BCUT2D eigenvalue weighted by molar-refractivity contribution is 0.147. The van der Waals surface area contributed by atoms with E-state index in [0.717, 1.165) is 18.8 Å². The number of hydrogen-bond donors (Lipinski definition) is 2. The van der Waals surface area contributed by atoms with Crippen LogP contribution in [0.25, 0.3) is 0 Å². The van der Waals surface area contributed by atoms with Crippen LogP contribution >= 0.6 is 0 Å². The Balaban J connectivity index is 2.51. The quantitative estimate of drug-likeness (QED) is 0.802. The van der Waals surface area contributed by atoms with Crippen molar-refractivity contribution in [3.63, 3.8) is 0 Å². The second-order valence-corrected chi connectivity index (χ2v) is 4.80.